The van der Waals surface area contributed by atoms with Crippen LogP contribution in [0.3, 0.4) is 0 Å². The first-order valence-electron chi connectivity index (χ1n) is 16.6. The van der Waals surface area contributed by atoms with Crippen LogP contribution in [0.2, 0.25) is 0 Å². The van der Waals surface area contributed by atoms with Crippen LogP contribution in [0.15, 0.2) is 164 Å². The molecule has 1 heterocycles. The fourth-order valence-corrected chi connectivity index (χ4v) is 8.58. The van der Waals surface area contributed by atoms with E-state index < -0.39 is 0 Å². The third kappa shape index (κ3) is 3.48. The zero-order valence-electron chi connectivity index (χ0n) is 26.0. The Morgan fingerprint density at radius 2 is 0.688 bits per heavy atom. The number of benzene rings is 8. The highest BCUT2D eigenvalue weighted by Crippen LogP contribution is 2.52. The van der Waals surface area contributed by atoms with Crippen molar-refractivity contribution in [2.24, 2.45) is 0 Å². The lowest BCUT2D eigenvalue weighted by atomic mass is 9.87. The molecule has 0 aliphatic heterocycles. The maximum atomic E-state index is 4.53. The van der Waals surface area contributed by atoms with Gasteiger partial charge in [0.1, 0.15) is 0 Å². The summed E-state index contributed by atoms with van der Waals surface area (Å²) in [5, 5.41) is 7.64. The van der Waals surface area contributed by atoms with E-state index in [0.29, 0.717) is 0 Å². The molecule has 0 spiro atoms. The Morgan fingerprint density at radius 3 is 1.21 bits per heavy atom. The fourth-order valence-electron chi connectivity index (χ4n) is 8.58. The van der Waals surface area contributed by atoms with Crippen LogP contribution in [-0.2, 0) is 0 Å². The van der Waals surface area contributed by atoms with E-state index in [1.807, 2.05) is 12.4 Å². The molecule has 9 aromatic rings. The van der Waals surface area contributed by atoms with E-state index in [1.165, 1.54) is 105 Å². The van der Waals surface area contributed by atoms with Gasteiger partial charge in [-0.05, 0) is 129 Å². The van der Waals surface area contributed by atoms with E-state index in [4.69, 9.17) is 0 Å². The molecule has 11 rings (SSSR count). The molecule has 0 radical (unpaired) electrons. The Kier molecular flexibility index (Phi) is 5.17. The largest absolute Gasteiger partial charge is 0.264 e. The van der Waals surface area contributed by atoms with Crippen molar-refractivity contribution in [1.29, 1.82) is 0 Å². The van der Waals surface area contributed by atoms with Crippen molar-refractivity contribution in [2.45, 2.75) is 0 Å². The molecule has 1 heteroatoms. The number of fused-ring (bicyclic) bond motifs is 7. The highest BCUT2D eigenvalue weighted by Gasteiger charge is 2.24. The van der Waals surface area contributed by atoms with Gasteiger partial charge in [-0.15, -0.1) is 0 Å². The maximum Gasteiger partial charge on any atom is 0.0352 e. The second-order valence-corrected chi connectivity index (χ2v) is 13.1. The Balaban J connectivity index is 1.20. The molecule has 0 atom stereocenters. The summed E-state index contributed by atoms with van der Waals surface area (Å²) in [6, 6.07) is 56.4. The molecule has 2 aliphatic rings. The van der Waals surface area contributed by atoms with Crippen molar-refractivity contribution in [3.8, 4) is 77.9 Å². The lowest BCUT2D eigenvalue weighted by Crippen LogP contribution is -1.90. The summed E-state index contributed by atoms with van der Waals surface area (Å²) >= 11 is 0. The van der Waals surface area contributed by atoms with Gasteiger partial charge >= 0.3 is 0 Å². The first-order chi connectivity index (χ1) is 23.8. The van der Waals surface area contributed by atoms with Crippen molar-refractivity contribution < 1.29 is 0 Å². The lowest BCUT2D eigenvalue weighted by Gasteiger charge is -2.16. The summed E-state index contributed by atoms with van der Waals surface area (Å²) in [7, 11) is 0. The average molecular weight is 606 g/mol. The zero-order valence-corrected chi connectivity index (χ0v) is 26.0. The maximum absolute atomic E-state index is 4.53. The summed E-state index contributed by atoms with van der Waals surface area (Å²) in [5.74, 6) is 0. The number of pyridine rings is 1. The molecule has 1 nitrogen and oxygen atoms in total. The number of hydrogen-bond acceptors (Lipinski definition) is 1. The number of nitrogens with zero attached hydrogens (tertiary/aromatic N) is 1. The van der Waals surface area contributed by atoms with Gasteiger partial charge in [0.15, 0.2) is 0 Å². The van der Waals surface area contributed by atoms with Crippen molar-refractivity contribution in [3.05, 3.63) is 164 Å². The van der Waals surface area contributed by atoms with Crippen LogP contribution in [0.1, 0.15) is 0 Å². The summed E-state index contributed by atoms with van der Waals surface area (Å²) in [6.07, 6.45) is 3.88. The molecule has 0 bridgehead atoms. The Bertz CT molecular complexity index is 2620. The van der Waals surface area contributed by atoms with Crippen LogP contribution in [0.25, 0.3) is 110 Å². The first kappa shape index (κ1) is 25.8. The summed E-state index contributed by atoms with van der Waals surface area (Å²) < 4.78 is 0. The molecule has 0 unspecified atom stereocenters. The molecule has 0 fully saturated rings. The molecule has 0 N–H and O–H groups in total. The molecule has 0 saturated heterocycles. The smallest absolute Gasteiger partial charge is 0.0352 e. The molecule has 8 aromatic carbocycles. The first-order valence-corrected chi connectivity index (χ1v) is 16.6. The van der Waals surface area contributed by atoms with E-state index in [1.54, 1.807) is 0 Å². The Morgan fingerprint density at radius 1 is 0.292 bits per heavy atom. The molecule has 220 valence electrons. The third-order valence-electron chi connectivity index (χ3n) is 10.6. The number of rotatable bonds is 3. The van der Waals surface area contributed by atoms with Crippen LogP contribution in [0.4, 0.5) is 0 Å². The van der Waals surface area contributed by atoms with Gasteiger partial charge in [-0.25, -0.2) is 0 Å². The topological polar surface area (TPSA) is 12.9 Å². The van der Waals surface area contributed by atoms with Gasteiger partial charge in [-0.3, -0.25) is 4.98 Å². The Hall–Kier alpha value is -6.31. The van der Waals surface area contributed by atoms with Crippen LogP contribution in [-0.4, -0.2) is 4.98 Å². The monoisotopic (exact) mass is 605 g/mol. The summed E-state index contributed by atoms with van der Waals surface area (Å²) in [6.45, 7) is 0. The van der Waals surface area contributed by atoms with E-state index in [-0.39, 0.29) is 0 Å². The van der Waals surface area contributed by atoms with Crippen molar-refractivity contribution >= 4 is 32.3 Å². The predicted octanol–water partition coefficient (Wildman–Crippen LogP) is 12.8. The minimum Gasteiger partial charge on any atom is -0.264 e. The fraction of sp³-hybridized carbons (Fsp3) is 0. The van der Waals surface area contributed by atoms with Gasteiger partial charge in [0.05, 0.1) is 0 Å². The molecular formula is C47H27N. The number of hydrogen-bond donors (Lipinski definition) is 0. The van der Waals surface area contributed by atoms with E-state index in [9.17, 15) is 0 Å². The quantitative estimate of drug-likeness (QED) is 0.195. The normalized spacial score (nSPS) is 12.2. The minimum absolute atomic E-state index is 1.16. The van der Waals surface area contributed by atoms with Gasteiger partial charge < -0.3 is 0 Å². The second-order valence-electron chi connectivity index (χ2n) is 13.1. The zero-order chi connectivity index (χ0) is 31.3. The molecule has 0 saturated carbocycles. The average Bonchev–Trinajstić information content (AvgIpc) is 3.66. The minimum atomic E-state index is 1.16. The van der Waals surface area contributed by atoms with E-state index in [2.05, 4.69) is 157 Å². The van der Waals surface area contributed by atoms with Gasteiger partial charge in [0, 0.05) is 17.8 Å². The molecule has 0 amide bonds. The van der Waals surface area contributed by atoms with Crippen molar-refractivity contribution in [2.75, 3.05) is 0 Å². The third-order valence-corrected chi connectivity index (χ3v) is 10.6. The standard InChI is InChI=1S/C47H27N/c1-3-11-37-35(9-1)41-16-6-14-39-33(18-20-43(37)46(39)41)30-24-29(32-13-5-8-28-22-23-48-27-45(28)32)25-31(26-30)34-19-21-44-38-12-4-2-10-36(38)42-17-7-15-40(34)47(42)44/h1-27H. The van der Waals surface area contributed by atoms with Crippen LogP contribution >= 0.6 is 0 Å². The predicted molar refractivity (Wildman–Crippen MR) is 202 cm³/mol. The number of aromatic nitrogens is 1. The van der Waals surface area contributed by atoms with Crippen molar-refractivity contribution in [3.63, 3.8) is 0 Å². The lowest BCUT2D eigenvalue weighted by molar-refractivity contribution is 1.36. The van der Waals surface area contributed by atoms with Gasteiger partial charge in [-0.1, -0.05) is 127 Å². The van der Waals surface area contributed by atoms with Crippen LogP contribution < -0.4 is 0 Å². The summed E-state index contributed by atoms with van der Waals surface area (Å²) in [5.41, 5.74) is 17.9. The van der Waals surface area contributed by atoms with E-state index in [0.717, 1.165) is 5.39 Å². The highest BCUT2D eigenvalue weighted by atomic mass is 14.6. The highest BCUT2D eigenvalue weighted by molar-refractivity contribution is 6.20. The molecular weight excluding hydrogens is 579 g/mol. The van der Waals surface area contributed by atoms with E-state index >= 15 is 0 Å². The summed E-state index contributed by atoms with van der Waals surface area (Å²) in [4.78, 5) is 4.53. The molecule has 48 heavy (non-hydrogen) atoms. The molecule has 1 aromatic heterocycles. The molecule has 2 aliphatic carbocycles. The second kappa shape index (κ2) is 9.61. The van der Waals surface area contributed by atoms with Crippen LogP contribution in [0.5, 0.6) is 0 Å². The van der Waals surface area contributed by atoms with Crippen molar-refractivity contribution in [1.82, 2.24) is 4.98 Å². The van der Waals surface area contributed by atoms with Gasteiger partial charge in [0.25, 0.3) is 0 Å². The van der Waals surface area contributed by atoms with Crippen LogP contribution in [0, 0.1) is 0 Å². The van der Waals surface area contributed by atoms with Gasteiger partial charge in [-0.2, -0.15) is 0 Å². The van der Waals surface area contributed by atoms with Gasteiger partial charge in [0.2, 0.25) is 0 Å². The SMILES string of the molecule is c1ccc2c(c1)-c1cccc3c(-c4cc(-c5cccc6ccncc56)cc(-c5ccc6c7c(cccc57)-c5ccccc5-6)c4)ccc-2c13. The Labute approximate surface area is 278 Å².